The lowest BCUT2D eigenvalue weighted by atomic mass is 10.1. The third-order valence-electron chi connectivity index (χ3n) is 2.68. The summed E-state index contributed by atoms with van der Waals surface area (Å²) in [5, 5.41) is 0. The van der Waals surface area contributed by atoms with Crippen LogP contribution in [-0.4, -0.2) is 21.6 Å². The SMILES string of the molecule is COc1cc(Cn2cnccc2=O)ccc1C(N)=S. The number of nitrogens with two attached hydrogens (primary N) is 1. The predicted molar refractivity (Wildman–Crippen MR) is 76.5 cm³/mol. The highest BCUT2D eigenvalue weighted by atomic mass is 32.1. The van der Waals surface area contributed by atoms with Crippen LogP contribution < -0.4 is 16.0 Å². The molecule has 0 aliphatic heterocycles. The van der Waals surface area contributed by atoms with Crippen molar-refractivity contribution in [1.82, 2.24) is 9.55 Å². The van der Waals surface area contributed by atoms with Crippen LogP contribution in [0.4, 0.5) is 0 Å². The van der Waals surface area contributed by atoms with E-state index in [4.69, 9.17) is 22.7 Å². The van der Waals surface area contributed by atoms with E-state index in [1.54, 1.807) is 13.2 Å². The minimum atomic E-state index is -0.104. The zero-order valence-corrected chi connectivity index (χ0v) is 11.2. The summed E-state index contributed by atoms with van der Waals surface area (Å²) < 4.78 is 6.75. The van der Waals surface area contributed by atoms with Gasteiger partial charge in [0, 0.05) is 12.3 Å². The van der Waals surface area contributed by atoms with Gasteiger partial charge >= 0.3 is 0 Å². The van der Waals surface area contributed by atoms with E-state index in [1.807, 2.05) is 12.1 Å². The molecule has 6 heteroatoms. The summed E-state index contributed by atoms with van der Waals surface area (Å²) in [4.78, 5) is 15.8. The van der Waals surface area contributed by atoms with Crippen LogP contribution in [0.15, 0.2) is 41.6 Å². The van der Waals surface area contributed by atoms with Gasteiger partial charge in [-0.1, -0.05) is 18.3 Å². The van der Waals surface area contributed by atoms with E-state index in [0.717, 1.165) is 5.56 Å². The molecular weight excluding hydrogens is 262 g/mol. The lowest BCUT2D eigenvalue weighted by Crippen LogP contribution is -2.19. The Morgan fingerprint density at radius 1 is 1.47 bits per heavy atom. The maximum Gasteiger partial charge on any atom is 0.253 e. The zero-order valence-electron chi connectivity index (χ0n) is 10.4. The third-order valence-corrected chi connectivity index (χ3v) is 2.90. The monoisotopic (exact) mass is 275 g/mol. The van der Waals surface area contributed by atoms with Crippen LogP contribution in [0.3, 0.4) is 0 Å². The number of hydrogen-bond acceptors (Lipinski definition) is 4. The Balaban J connectivity index is 2.35. The Bertz CT molecular complexity index is 667. The fourth-order valence-corrected chi connectivity index (χ4v) is 1.90. The molecule has 5 nitrogen and oxygen atoms in total. The lowest BCUT2D eigenvalue weighted by molar-refractivity contribution is 0.413. The highest BCUT2D eigenvalue weighted by molar-refractivity contribution is 7.80. The van der Waals surface area contributed by atoms with Gasteiger partial charge in [-0.15, -0.1) is 0 Å². The molecule has 2 aromatic rings. The van der Waals surface area contributed by atoms with Gasteiger partial charge in [-0.25, -0.2) is 4.98 Å². The molecule has 0 radical (unpaired) electrons. The van der Waals surface area contributed by atoms with Gasteiger partial charge in [-0.3, -0.25) is 9.36 Å². The van der Waals surface area contributed by atoms with Gasteiger partial charge in [0.15, 0.2) is 0 Å². The summed E-state index contributed by atoms with van der Waals surface area (Å²) in [6.45, 7) is 0.417. The van der Waals surface area contributed by atoms with E-state index in [0.29, 0.717) is 17.9 Å². The number of methoxy groups -OCH3 is 1. The highest BCUT2D eigenvalue weighted by Gasteiger charge is 2.07. The Hall–Kier alpha value is -2.21. The second-order valence-electron chi connectivity index (χ2n) is 3.95. The summed E-state index contributed by atoms with van der Waals surface area (Å²) >= 11 is 4.94. The third kappa shape index (κ3) is 2.97. The average molecular weight is 275 g/mol. The molecular formula is C13H13N3O2S. The van der Waals surface area contributed by atoms with Crippen molar-refractivity contribution in [2.45, 2.75) is 6.54 Å². The topological polar surface area (TPSA) is 70.1 Å². The molecule has 0 fully saturated rings. The van der Waals surface area contributed by atoms with Crippen molar-refractivity contribution in [2.24, 2.45) is 5.73 Å². The Morgan fingerprint density at radius 2 is 2.26 bits per heavy atom. The van der Waals surface area contributed by atoms with Crippen molar-refractivity contribution in [1.29, 1.82) is 0 Å². The molecule has 0 atom stereocenters. The molecule has 0 unspecified atom stereocenters. The van der Waals surface area contributed by atoms with Gasteiger partial charge in [0.25, 0.3) is 5.56 Å². The molecule has 98 valence electrons. The zero-order chi connectivity index (χ0) is 13.8. The van der Waals surface area contributed by atoms with Gasteiger partial charge in [-0.2, -0.15) is 0 Å². The number of hydrogen-bond donors (Lipinski definition) is 1. The molecule has 0 aliphatic rings. The van der Waals surface area contributed by atoms with E-state index in [1.165, 1.54) is 23.2 Å². The van der Waals surface area contributed by atoms with Gasteiger partial charge in [-0.05, 0) is 17.7 Å². The lowest BCUT2D eigenvalue weighted by Gasteiger charge is -2.10. The number of aromatic nitrogens is 2. The largest absolute Gasteiger partial charge is 0.496 e. The first-order chi connectivity index (χ1) is 9.11. The van der Waals surface area contributed by atoms with E-state index in [2.05, 4.69) is 4.98 Å². The maximum atomic E-state index is 11.6. The Labute approximate surface area is 115 Å². The first-order valence-electron chi connectivity index (χ1n) is 5.59. The van der Waals surface area contributed by atoms with Crippen LogP contribution in [0.5, 0.6) is 5.75 Å². The van der Waals surface area contributed by atoms with E-state index in [9.17, 15) is 4.79 Å². The minimum Gasteiger partial charge on any atom is -0.496 e. The molecule has 0 amide bonds. The van der Waals surface area contributed by atoms with Crippen LogP contribution in [0.1, 0.15) is 11.1 Å². The predicted octanol–water partition coefficient (Wildman–Crippen LogP) is 0.934. The smallest absolute Gasteiger partial charge is 0.253 e. The maximum absolute atomic E-state index is 11.6. The van der Waals surface area contributed by atoms with Gasteiger partial charge in [0.05, 0.1) is 25.5 Å². The molecule has 0 spiro atoms. The van der Waals surface area contributed by atoms with Crippen molar-refractivity contribution < 1.29 is 4.74 Å². The van der Waals surface area contributed by atoms with E-state index < -0.39 is 0 Å². The molecule has 2 N–H and O–H groups in total. The number of benzene rings is 1. The van der Waals surface area contributed by atoms with Crippen molar-refractivity contribution in [3.05, 3.63) is 58.3 Å². The summed E-state index contributed by atoms with van der Waals surface area (Å²) in [5.41, 5.74) is 7.09. The molecule has 0 saturated heterocycles. The average Bonchev–Trinajstić information content (AvgIpc) is 2.41. The molecule has 19 heavy (non-hydrogen) atoms. The van der Waals surface area contributed by atoms with Crippen LogP contribution in [0.25, 0.3) is 0 Å². The second kappa shape index (κ2) is 5.62. The van der Waals surface area contributed by atoms with Crippen molar-refractivity contribution in [3.63, 3.8) is 0 Å². The standard InChI is InChI=1S/C13H13N3O2S/c1-18-11-6-9(2-3-10(11)13(14)19)7-16-8-15-5-4-12(16)17/h2-6,8H,7H2,1H3,(H2,14,19). The van der Waals surface area contributed by atoms with Crippen molar-refractivity contribution in [2.75, 3.05) is 7.11 Å². The summed E-state index contributed by atoms with van der Waals surface area (Å²) in [7, 11) is 1.55. The van der Waals surface area contributed by atoms with Crippen LogP contribution in [-0.2, 0) is 6.54 Å². The first-order valence-corrected chi connectivity index (χ1v) is 6.00. The van der Waals surface area contributed by atoms with Crippen molar-refractivity contribution in [3.8, 4) is 5.75 Å². The first kappa shape index (κ1) is 13.2. The van der Waals surface area contributed by atoms with E-state index in [-0.39, 0.29) is 10.5 Å². The van der Waals surface area contributed by atoms with Crippen molar-refractivity contribution >= 4 is 17.2 Å². The van der Waals surface area contributed by atoms with Crippen LogP contribution in [0.2, 0.25) is 0 Å². The van der Waals surface area contributed by atoms with Gasteiger partial charge < -0.3 is 10.5 Å². The molecule has 2 rings (SSSR count). The fraction of sp³-hybridized carbons (Fsp3) is 0.154. The summed E-state index contributed by atoms with van der Waals surface area (Å²) in [5.74, 6) is 0.599. The highest BCUT2D eigenvalue weighted by Crippen LogP contribution is 2.20. The molecule has 0 saturated carbocycles. The molecule has 1 aromatic carbocycles. The van der Waals surface area contributed by atoms with Gasteiger partial charge in [0.2, 0.25) is 0 Å². The fourth-order valence-electron chi connectivity index (χ4n) is 1.73. The quantitative estimate of drug-likeness (QED) is 0.841. The number of thiocarbonyl (C=S) groups is 1. The minimum absolute atomic E-state index is 0.104. The molecule has 1 aromatic heterocycles. The molecule has 0 bridgehead atoms. The Morgan fingerprint density at radius 3 is 2.89 bits per heavy atom. The van der Waals surface area contributed by atoms with Gasteiger partial charge in [0.1, 0.15) is 10.7 Å². The second-order valence-corrected chi connectivity index (χ2v) is 4.39. The number of nitrogens with zero attached hydrogens (tertiary/aromatic N) is 2. The summed E-state index contributed by atoms with van der Waals surface area (Å²) in [6.07, 6.45) is 2.96. The normalized spacial score (nSPS) is 10.2. The number of ether oxygens (including phenoxy) is 1. The molecule has 0 aliphatic carbocycles. The molecule has 1 heterocycles. The summed E-state index contributed by atoms with van der Waals surface area (Å²) in [6, 6.07) is 6.88. The van der Waals surface area contributed by atoms with E-state index >= 15 is 0 Å². The van der Waals surface area contributed by atoms with Crippen LogP contribution in [0, 0.1) is 0 Å². The van der Waals surface area contributed by atoms with Crippen LogP contribution >= 0.6 is 12.2 Å². The Kier molecular flexibility index (Phi) is 3.91. The number of rotatable bonds is 4.